The van der Waals surface area contributed by atoms with Gasteiger partial charge in [-0.15, -0.1) is 0 Å². The number of hydrogen-bond acceptors (Lipinski definition) is 4. The molecule has 5 heteroatoms. The van der Waals surface area contributed by atoms with Gasteiger partial charge in [0.15, 0.2) is 0 Å². The van der Waals surface area contributed by atoms with Gasteiger partial charge in [-0.25, -0.2) is 4.79 Å². The van der Waals surface area contributed by atoms with E-state index in [0.29, 0.717) is 12.2 Å². The van der Waals surface area contributed by atoms with Crippen molar-refractivity contribution in [2.24, 2.45) is 0 Å². The summed E-state index contributed by atoms with van der Waals surface area (Å²) in [6.45, 7) is 11.5. The molecular formula is C15H21NO4. The van der Waals surface area contributed by atoms with Gasteiger partial charge in [-0.3, -0.25) is 4.79 Å². The van der Waals surface area contributed by atoms with Crippen molar-refractivity contribution in [3.05, 3.63) is 24.8 Å². The fraction of sp³-hybridized carbons (Fsp3) is 0.600. The van der Waals surface area contributed by atoms with Crippen LogP contribution in [0.1, 0.15) is 26.7 Å². The van der Waals surface area contributed by atoms with Crippen molar-refractivity contribution >= 4 is 11.9 Å². The molecule has 0 bridgehead atoms. The molecule has 110 valence electrons. The van der Waals surface area contributed by atoms with Gasteiger partial charge in [-0.05, 0) is 26.7 Å². The molecule has 0 aliphatic carbocycles. The molecule has 0 spiro atoms. The monoisotopic (exact) mass is 279 g/mol. The maximum Gasteiger partial charge on any atom is 0.330 e. The Morgan fingerprint density at radius 1 is 1.55 bits per heavy atom. The third-order valence-corrected chi connectivity index (χ3v) is 4.17. The van der Waals surface area contributed by atoms with Gasteiger partial charge in [0.1, 0.15) is 12.1 Å². The number of amides is 1. The van der Waals surface area contributed by atoms with Gasteiger partial charge < -0.3 is 14.4 Å². The normalized spacial score (nSPS) is 31.8. The Balaban J connectivity index is 2.17. The van der Waals surface area contributed by atoms with Crippen LogP contribution in [0.3, 0.4) is 0 Å². The third kappa shape index (κ3) is 2.26. The second kappa shape index (κ2) is 5.40. The Morgan fingerprint density at radius 2 is 2.25 bits per heavy atom. The Morgan fingerprint density at radius 3 is 2.75 bits per heavy atom. The van der Waals surface area contributed by atoms with Crippen LogP contribution in [-0.2, 0) is 19.1 Å². The third-order valence-electron chi connectivity index (χ3n) is 4.17. The molecule has 3 atom stereocenters. The van der Waals surface area contributed by atoms with E-state index >= 15 is 0 Å². The molecule has 0 aromatic carbocycles. The zero-order valence-electron chi connectivity index (χ0n) is 12.1. The minimum Gasteiger partial charge on any atom is -0.460 e. The van der Waals surface area contributed by atoms with Crippen molar-refractivity contribution in [3.8, 4) is 0 Å². The Bertz CT molecular complexity index is 453. The molecule has 2 saturated heterocycles. The molecule has 0 aromatic rings. The maximum absolute atomic E-state index is 12.2. The molecule has 2 fully saturated rings. The van der Waals surface area contributed by atoms with E-state index in [4.69, 9.17) is 9.47 Å². The molecule has 2 aliphatic heterocycles. The van der Waals surface area contributed by atoms with E-state index in [1.54, 1.807) is 11.8 Å². The summed E-state index contributed by atoms with van der Waals surface area (Å²) >= 11 is 0. The van der Waals surface area contributed by atoms with E-state index in [1.165, 1.54) is 0 Å². The van der Waals surface area contributed by atoms with Gasteiger partial charge in [0.05, 0.1) is 12.1 Å². The lowest BCUT2D eigenvalue weighted by Crippen LogP contribution is -2.41. The molecule has 2 heterocycles. The van der Waals surface area contributed by atoms with Crippen LogP contribution in [0.4, 0.5) is 0 Å². The van der Waals surface area contributed by atoms with Gasteiger partial charge in [0, 0.05) is 18.3 Å². The summed E-state index contributed by atoms with van der Waals surface area (Å²) in [6, 6.07) is -0.0209. The average Bonchev–Trinajstić information content (AvgIpc) is 2.83. The van der Waals surface area contributed by atoms with Gasteiger partial charge in [-0.2, -0.15) is 0 Å². The van der Waals surface area contributed by atoms with Crippen molar-refractivity contribution in [3.63, 3.8) is 0 Å². The van der Waals surface area contributed by atoms with Crippen molar-refractivity contribution in [2.45, 2.75) is 44.4 Å². The first kappa shape index (κ1) is 14.8. The molecule has 2 rings (SSSR count). The maximum atomic E-state index is 12.2. The number of rotatable bonds is 5. The summed E-state index contributed by atoms with van der Waals surface area (Å²) in [5.41, 5.74) is -0.0719. The van der Waals surface area contributed by atoms with Gasteiger partial charge >= 0.3 is 5.97 Å². The lowest BCUT2D eigenvalue weighted by Gasteiger charge is -2.23. The van der Waals surface area contributed by atoms with E-state index in [0.717, 1.165) is 18.9 Å². The Kier molecular flexibility index (Phi) is 3.99. The smallest absolute Gasteiger partial charge is 0.330 e. The Labute approximate surface area is 119 Å². The summed E-state index contributed by atoms with van der Waals surface area (Å²) in [7, 11) is 0. The summed E-state index contributed by atoms with van der Waals surface area (Å²) in [5, 5.41) is 0. The fourth-order valence-corrected chi connectivity index (χ4v) is 2.99. The SMILES string of the molecule is C=CC(=O)OCC1(C2CCCO2)C(C)N1C(=O)C(=C)C. The van der Waals surface area contributed by atoms with Crippen molar-refractivity contribution in [1.29, 1.82) is 0 Å². The number of carbonyl (C=O) groups excluding carboxylic acids is 2. The zero-order valence-corrected chi connectivity index (χ0v) is 12.1. The molecule has 0 saturated carbocycles. The van der Waals surface area contributed by atoms with Gasteiger partial charge in [-0.1, -0.05) is 13.2 Å². The lowest BCUT2D eigenvalue weighted by molar-refractivity contribution is -0.141. The highest BCUT2D eigenvalue weighted by molar-refractivity contribution is 5.95. The second-order valence-electron chi connectivity index (χ2n) is 5.44. The minimum atomic E-state index is -0.550. The largest absolute Gasteiger partial charge is 0.460 e. The van der Waals surface area contributed by atoms with E-state index in [9.17, 15) is 9.59 Å². The number of ether oxygens (including phenoxy) is 2. The molecule has 20 heavy (non-hydrogen) atoms. The average molecular weight is 279 g/mol. The molecule has 1 amide bonds. The first-order chi connectivity index (χ1) is 9.45. The minimum absolute atomic E-state index is 0.0209. The molecule has 0 N–H and O–H groups in total. The number of carbonyl (C=O) groups is 2. The molecule has 2 aliphatic rings. The van der Waals surface area contributed by atoms with Crippen molar-refractivity contribution in [1.82, 2.24) is 4.90 Å². The molecule has 3 unspecified atom stereocenters. The first-order valence-electron chi connectivity index (χ1n) is 6.85. The molecular weight excluding hydrogens is 258 g/mol. The fourth-order valence-electron chi connectivity index (χ4n) is 2.99. The van der Waals surface area contributed by atoms with Gasteiger partial charge in [0.25, 0.3) is 0 Å². The standard InChI is InChI=1S/C15H21NO4/c1-5-13(17)20-9-15(12-7-6-8-19-12)11(4)16(15)14(18)10(2)3/h5,11-12H,1-2,6-9H2,3-4H3. The van der Waals surface area contributed by atoms with Crippen LogP contribution in [0.15, 0.2) is 24.8 Å². The van der Waals surface area contributed by atoms with E-state index in [-0.39, 0.29) is 24.7 Å². The van der Waals surface area contributed by atoms with Gasteiger partial charge in [0.2, 0.25) is 5.91 Å². The van der Waals surface area contributed by atoms with Crippen LogP contribution >= 0.6 is 0 Å². The summed E-state index contributed by atoms with van der Waals surface area (Å²) in [5.74, 6) is -0.591. The first-order valence-corrected chi connectivity index (χ1v) is 6.85. The zero-order chi connectivity index (χ0) is 14.9. The van der Waals surface area contributed by atoms with Crippen LogP contribution in [-0.4, -0.2) is 47.7 Å². The van der Waals surface area contributed by atoms with Crippen LogP contribution in [0.5, 0.6) is 0 Å². The lowest BCUT2D eigenvalue weighted by atomic mass is 9.96. The summed E-state index contributed by atoms with van der Waals surface area (Å²) < 4.78 is 10.9. The van der Waals surface area contributed by atoms with Crippen molar-refractivity contribution < 1.29 is 19.1 Å². The topological polar surface area (TPSA) is 55.6 Å². The van der Waals surface area contributed by atoms with E-state index in [1.807, 2.05) is 6.92 Å². The van der Waals surface area contributed by atoms with E-state index < -0.39 is 11.5 Å². The number of hydrogen-bond donors (Lipinski definition) is 0. The predicted octanol–water partition coefficient (Wildman–Crippen LogP) is 1.44. The highest BCUT2D eigenvalue weighted by Gasteiger charge is 2.68. The van der Waals surface area contributed by atoms with Crippen LogP contribution in [0.25, 0.3) is 0 Å². The Hall–Kier alpha value is -1.62. The number of nitrogens with zero attached hydrogens (tertiary/aromatic N) is 1. The molecule has 5 nitrogen and oxygen atoms in total. The van der Waals surface area contributed by atoms with Crippen LogP contribution in [0, 0.1) is 0 Å². The summed E-state index contributed by atoms with van der Waals surface area (Å²) in [4.78, 5) is 25.3. The second-order valence-corrected chi connectivity index (χ2v) is 5.44. The number of esters is 1. The molecule has 0 radical (unpaired) electrons. The van der Waals surface area contributed by atoms with Crippen LogP contribution in [0.2, 0.25) is 0 Å². The highest BCUT2D eigenvalue weighted by Crippen LogP contribution is 2.48. The quantitative estimate of drug-likeness (QED) is 0.434. The van der Waals surface area contributed by atoms with Crippen LogP contribution < -0.4 is 0 Å². The highest BCUT2D eigenvalue weighted by atomic mass is 16.5. The van der Waals surface area contributed by atoms with Crippen molar-refractivity contribution in [2.75, 3.05) is 13.2 Å². The summed E-state index contributed by atoms with van der Waals surface area (Å²) in [6.07, 6.45) is 2.87. The predicted molar refractivity (Wildman–Crippen MR) is 74.0 cm³/mol. The molecule has 0 aromatic heterocycles. The van der Waals surface area contributed by atoms with E-state index in [2.05, 4.69) is 13.2 Å².